The number of carboxylic acid groups (broad SMARTS) is 1. The Hall–Kier alpha value is -1.58. The summed E-state index contributed by atoms with van der Waals surface area (Å²) in [6.45, 7) is 8.32. The number of carbonyl (C=O) groups is 1. The molecule has 19 heavy (non-hydrogen) atoms. The average molecular weight is 264 g/mol. The van der Waals surface area contributed by atoms with Crippen molar-refractivity contribution in [2.75, 3.05) is 11.9 Å². The van der Waals surface area contributed by atoms with Gasteiger partial charge < -0.3 is 10.0 Å². The van der Waals surface area contributed by atoms with Gasteiger partial charge in [-0.25, -0.2) is 9.78 Å². The highest BCUT2D eigenvalue weighted by Crippen LogP contribution is 2.22. The van der Waals surface area contributed by atoms with E-state index in [1.807, 2.05) is 20.9 Å². The van der Waals surface area contributed by atoms with Crippen LogP contribution >= 0.6 is 0 Å². The molecule has 1 rings (SSSR count). The molecule has 4 nitrogen and oxygen atoms in total. The molecule has 0 spiro atoms. The van der Waals surface area contributed by atoms with Gasteiger partial charge in [-0.1, -0.05) is 27.2 Å². The number of carboxylic acids is 1. The molecular weight excluding hydrogens is 240 g/mol. The van der Waals surface area contributed by atoms with Crippen molar-refractivity contribution in [2.24, 2.45) is 0 Å². The minimum atomic E-state index is -0.901. The van der Waals surface area contributed by atoms with Gasteiger partial charge in [0.2, 0.25) is 0 Å². The first kappa shape index (κ1) is 15.5. The van der Waals surface area contributed by atoms with Gasteiger partial charge in [-0.05, 0) is 31.4 Å². The molecule has 0 aromatic carbocycles. The van der Waals surface area contributed by atoms with Crippen LogP contribution in [-0.4, -0.2) is 29.1 Å². The van der Waals surface area contributed by atoms with E-state index in [-0.39, 0.29) is 5.92 Å². The van der Waals surface area contributed by atoms with E-state index in [9.17, 15) is 9.90 Å². The quantitative estimate of drug-likeness (QED) is 0.854. The van der Waals surface area contributed by atoms with Crippen LogP contribution in [0.2, 0.25) is 0 Å². The summed E-state index contributed by atoms with van der Waals surface area (Å²) in [5, 5.41) is 9.19. The fourth-order valence-electron chi connectivity index (χ4n) is 1.97. The maximum Gasteiger partial charge on any atom is 0.335 e. The number of aromatic nitrogens is 1. The van der Waals surface area contributed by atoms with E-state index in [1.165, 1.54) is 0 Å². The van der Waals surface area contributed by atoms with Gasteiger partial charge in [0.1, 0.15) is 5.82 Å². The number of pyridine rings is 1. The van der Waals surface area contributed by atoms with Crippen LogP contribution in [0.5, 0.6) is 0 Å². The number of hydrogen-bond donors (Lipinski definition) is 1. The lowest BCUT2D eigenvalue weighted by molar-refractivity contribution is 0.0696. The van der Waals surface area contributed by atoms with E-state index >= 15 is 0 Å². The highest BCUT2D eigenvalue weighted by molar-refractivity contribution is 5.88. The van der Waals surface area contributed by atoms with Crippen LogP contribution in [0.15, 0.2) is 12.1 Å². The van der Waals surface area contributed by atoms with Crippen molar-refractivity contribution in [3.05, 3.63) is 23.4 Å². The minimum Gasteiger partial charge on any atom is -0.478 e. The summed E-state index contributed by atoms with van der Waals surface area (Å²) in [7, 11) is 1.97. The third kappa shape index (κ3) is 3.94. The van der Waals surface area contributed by atoms with Gasteiger partial charge in [0, 0.05) is 18.8 Å². The highest BCUT2D eigenvalue weighted by Gasteiger charge is 2.16. The fourth-order valence-corrected chi connectivity index (χ4v) is 1.97. The van der Waals surface area contributed by atoms with Crippen molar-refractivity contribution in [3.63, 3.8) is 0 Å². The Morgan fingerprint density at radius 2 is 2.00 bits per heavy atom. The van der Waals surface area contributed by atoms with E-state index in [1.54, 1.807) is 12.1 Å². The van der Waals surface area contributed by atoms with Gasteiger partial charge in [0.15, 0.2) is 0 Å². The lowest BCUT2D eigenvalue weighted by atomic mass is 10.1. The van der Waals surface area contributed by atoms with E-state index in [0.29, 0.717) is 11.6 Å². The first-order chi connectivity index (χ1) is 8.86. The number of rotatable bonds is 6. The molecule has 1 aromatic rings. The van der Waals surface area contributed by atoms with Crippen molar-refractivity contribution < 1.29 is 9.90 Å². The number of aromatic carboxylic acids is 1. The SMILES string of the molecule is CCCC(C)N(C)c1cc(C(=O)O)cc(C(C)C)n1. The van der Waals surface area contributed by atoms with Crippen LogP contribution < -0.4 is 4.90 Å². The maximum absolute atomic E-state index is 11.2. The molecule has 1 N–H and O–H groups in total. The van der Waals surface area contributed by atoms with Gasteiger partial charge in [-0.3, -0.25) is 0 Å². The number of nitrogens with zero attached hydrogens (tertiary/aromatic N) is 2. The molecule has 0 aliphatic heterocycles. The highest BCUT2D eigenvalue weighted by atomic mass is 16.4. The third-order valence-corrected chi connectivity index (χ3v) is 3.40. The molecule has 0 bridgehead atoms. The van der Waals surface area contributed by atoms with Gasteiger partial charge in [-0.15, -0.1) is 0 Å². The molecule has 0 aliphatic rings. The molecule has 1 unspecified atom stereocenters. The zero-order valence-corrected chi connectivity index (χ0v) is 12.5. The lowest BCUT2D eigenvalue weighted by Crippen LogP contribution is -2.29. The Balaban J connectivity index is 3.15. The summed E-state index contributed by atoms with van der Waals surface area (Å²) in [5.41, 5.74) is 1.13. The Morgan fingerprint density at radius 1 is 1.37 bits per heavy atom. The van der Waals surface area contributed by atoms with E-state index < -0.39 is 5.97 Å². The van der Waals surface area contributed by atoms with Crippen LogP contribution in [0.1, 0.15) is 62.5 Å². The van der Waals surface area contributed by atoms with Gasteiger partial charge in [0.25, 0.3) is 0 Å². The molecule has 0 saturated heterocycles. The van der Waals surface area contributed by atoms with Crippen LogP contribution in [-0.2, 0) is 0 Å². The molecule has 1 atom stereocenters. The molecule has 0 saturated carbocycles. The summed E-state index contributed by atoms with van der Waals surface area (Å²) >= 11 is 0. The van der Waals surface area contributed by atoms with Crippen LogP contribution in [0.4, 0.5) is 5.82 Å². The summed E-state index contributed by atoms with van der Waals surface area (Å²) in [4.78, 5) is 17.8. The van der Waals surface area contributed by atoms with Gasteiger partial charge >= 0.3 is 5.97 Å². The van der Waals surface area contributed by atoms with Crippen LogP contribution in [0, 0.1) is 0 Å². The number of hydrogen-bond acceptors (Lipinski definition) is 3. The molecule has 106 valence electrons. The second-order valence-electron chi connectivity index (χ2n) is 5.35. The predicted octanol–water partition coefficient (Wildman–Crippen LogP) is 3.53. The van der Waals surface area contributed by atoms with Crippen molar-refractivity contribution in [2.45, 2.75) is 52.5 Å². The molecule has 1 aromatic heterocycles. The molecule has 0 amide bonds. The fraction of sp³-hybridized carbons (Fsp3) is 0.600. The molecule has 0 aliphatic carbocycles. The van der Waals surface area contributed by atoms with Crippen LogP contribution in [0.3, 0.4) is 0 Å². The first-order valence-corrected chi connectivity index (χ1v) is 6.84. The minimum absolute atomic E-state index is 0.216. The second kappa shape index (κ2) is 6.55. The van der Waals surface area contributed by atoms with E-state index in [2.05, 4.69) is 23.7 Å². The van der Waals surface area contributed by atoms with E-state index in [0.717, 1.165) is 24.4 Å². The van der Waals surface area contributed by atoms with E-state index in [4.69, 9.17) is 0 Å². The molecule has 0 radical (unpaired) electrons. The van der Waals surface area contributed by atoms with Crippen molar-refractivity contribution in [1.29, 1.82) is 0 Å². The first-order valence-electron chi connectivity index (χ1n) is 6.84. The molecule has 4 heteroatoms. The summed E-state index contributed by atoms with van der Waals surface area (Å²) in [6, 6.07) is 3.66. The molecule has 0 fully saturated rings. The Labute approximate surface area is 115 Å². The summed E-state index contributed by atoms with van der Waals surface area (Å²) in [5.74, 6) is 0.0552. The van der Waals surface area contributed by atoms with Crippen molar-refractivity contribution in [3.8, 4) is 0 Å². The summed E-state index contributed by atoms with van der Waals surface area (Å²) < 4.78 is 0. The summed E-state index contributed by atoms with van der Waals surface area (Å²) in [6.07, 6.45) is 2.16. The largest absolute Gasteiger partial charge is 0.478 e. The van der Waals surface area contributed by atoms with Crippen molar-refractivity contribution in [1.82, 2.24) is 4.98 Å². The standard InChI is InChI=1S/C15H24N2O2/c1-6-7-11(4)17(5)14-9-12(15(18)19)8-13(16-14)10(2)3/h8-11H,6-7H2,1-5H3,(H,18,19). The Kier molecular flexibility index (Phi) is 5.33. The van der Waals surface area contributed by atoms with Gasteiger partial charge in [0.05, 0.1) is 5.56 Å². The third-order valence-electron chi connectivity index (χ3n) is 3.40. The normalized spacial score (nSPS) is 12.5. The molecular formula is C15H24N2O2. The topological polar surface area (TPSA) is 53.4 Å². The monoisotopic (exact) mass is 264 g/mol. The molecule has 1 heterocycles. The van der Waals surface area contributed by atoms with Crippen LogP contribution in [0.25, 0.3) is 0 Å². The predicted molar refractivity (Wildman–Crippen MR) is 78.1 cm³/mol. The average Bonchev–Trinajstić information content (AvgIpc) is 2.37. The van der Waals surface area contributed by atoms with Crippen molar-refractivity contribution >= 4 is 11.8 Å². The second-order valence-corrected chi connectivity index (χ2v) is 5.35. The van der Waals surface area contributed by atoms with Gasteiger partial charge in [-0.2, -0.15) is 0 Å². The zero-order chi connectivity index (χ0) is 14.6. The maximum atomic E-state index is 11.2. The smallest absolute Gasteiger partial charge is 0.335 e. The lowest BCUT2D eigenvalue weighted by Gasteiger charge is -2.26. The number of anilines is 1. The zero-order valence-electron chi connectivity index (χ0n) is 12.5. The Morgan fingerprint density at radius 3 is 2.47 bits per heavy atom. The Bertz CT molecular complexity index is 444.